The molecule has 2 aromatic carbocycles. The summed E-state index contributed by atoms with van der Waals surface area (Å²) >= 11 is 0. The topological polar surface area (TPSA) is 66.5 Å². The highest BCUT2D eigenvalue weighted by Gasteiger charge is 2.24. The second kappa shape index (κ2) is 8.96. The summed E-state index contributed by atoms with van der Waals surface area (Å²) in [6.07, 6.45) is 0.985. The third-order valence-electron chi connectivity index (χ3n) is 4.28. The Bertz CT molecular complexity index is 845. The van der Waals surface area contributed by atoms with Gasteiger partial charge in [-0.1, -0.05) is 50.2 Å². The Hall–Kier alpha value is -2.18. The highest BCUT2D eigenvalue weighted by Crippen LogP contribution is 2.23. The number of hydrogen-bond donors (Lipinski definition) is 1. The minimum absolute atomic E-state index is 0.135. The largest absolute Gasteiger partial charge is 0.326 e. The fourth-order valence-corrected chi connectivity index (χ4v) is 4.49. The molecular weight excluding hydrogens is 348 g/mol. The lowest BCUT2D eigenvalue weighted by Crippen LogP contribution is -2.31. The first-order valence-electron chi connectivity index (χ1n) is 8.83. The summed E-state index contributed by atoms with van der Waals surface area (Å²) in [4.78, 5) is 12.4. The van der Waals surface area contributed by atoms with Gasteiger partial charge in [0.15, 0.2) is 0 Å². The van der Waals surface area contributed by atoms with E-state index in [2.05, 4.69) is 5.32 Å². The molecule has 0 aromatic heterocycles. The SMILES string of the molecule is CCN(CC)S(=O)(=O)c1cc(NC(=O)CCc2ccccc2)ccc1C. The number of benzene rings is 2. The maximum absolute atomic E-state index is 12.8. The Balaban J connectivity index is 2.12. The normalized spacial score (nSPS) is 11.5. The molecule has 0 aliphatic rings. The zero-order valence-electron chi connectivity index (χ0n) is 15.5. The van der Waals surface area contributed by atoms with E-state index in [1.807, 2.05) is 44.2 Å². The van der Waals surface area contributed by atoms with E-state index < -0.39 is 10.0 Å². The van der Waals surface area contributed by atoms with Crippen molar-refractivity contribution in [2.45, 2.75) is 38.5 Å². The molecule has 0 unspecified atom stereocenters. The van der Waals surface area contributed by atoms with Crippen LogP contribution in [0.1, 0.15) is 31.4 Å². The van der Waals surface area contributed by atoms with Crippen LogP contribution in [-0.2, 0) is 21.2 Å². The van der Waals surface area contributed by atoms with Crippen LogP contribution in [0.15, 0.2) is 53.4 Å². The van der Waals surface area contributed by atoms with Crippen molar-refractivity contribution in [3.05, 3.63) is 59.7 Å². The van der Waals surface area contributed by atoms with Crippen LogP contribution in [0.5, 0.6) is 0 Å². The van der Waals surface area contributed by atoms with Crippen molar-refractivity contribution in [2.24, 2.45) is 0 Å². The lowest BCUT2D eigenvalue weighted by atomic mass is 10.1. The number of aryl methyl sites for hydroxylation is 2. The summed E-state index contributed by atoms with van der Waals surface area (Å²) in [6, 6.07) is 14.8. The molecule has 2 aromatic rings. The molecule has 5 nitrogen and oxygen atoms in total. The van der Waals surface area contributed by atoms with Gasteiger partial charge >= 0.3 is 0 Å². The van der Waals surface area contributed by atoms with E-state index >= 15 is 0 Å². The number of nitrogens with one attached hydrogen (secondary N) is 1. The fraction of sp³-hybridized carbons (Fsp3) is 0.350. The van der Waals surface area contributed by atoms with Crippen LogP contribution in [0.25, 0.3) is 0 Å². The molecule has 1 N–H and O–H groups in total. The molecule has 6 heteroatoms. The molecule has 0 radical (unpaired) electrons. The minimum atomic E-state index is -3.56. The van der Waals surface area contributed by atoms with Gasteiger partial charge in [0.2, 0.25) is 15.9 Å². The number of sulfonamides is 1. The number of anilines is 1. The number of amides is 1. The first-order chi connectivity index (χ1) is 12.4. The van der Waals surface area contributed by atoms with Gasteiger partial charge in [-0.25, -0.2) is 8.42 Å². The third-order valence-corrected chi connectivity index (χ3v) is 6.47. The molecule has 0 atom stereocenters. The minimum Gasteiger partial charge on any atom is -0.326 e. The second-order valence-corrected chi connectivity index (χ2v) is 8.01. The number of carbonyl (C=O) groups excluding carboxylic acids is 1. The van der Waals surface area contributed by atoms with Crippen LogP contribution < -0.4 is 5.32 Å². The van der Waals surface area contributed by atoms with E-state index in [0.29, 0.717) is 37.2 Å². The molecule has 0 aliphatic heterocycles. The monoisotopic (exact) mass is 374 g/mol. The Morgan fingerprint density at radius 2 is 1.69 bits per heavy atom. The quantitative estimate of drug-likeness (QED) is 0.768. The van der Waals surface area contributed by atoms with Crippen molar-refractivity contribution in [3.8, 4) is 0 Å². The Morgan fingerprint density at radius 1 is 1.04 bits per heavy atom. The maximum Gasteiger partial charge on any atom is 0.243 e. The van der Waals surface area contributed by atoms with Crippen LogP contribution in [0, 0.1) is 6.92 Å². The fourth-order valence-electron chi connectivity index (χ4n) is 2.78. The van der Waals surface area contributed by atoms with Crippen molar-refractivity contribution < 1.29 is 13.2 Å². The molecule has 0 saturated carbocycles. The zero-order chi connectivity index (χ0) is 19.2. The maximum atomic E-state index is 12.8. The summed E-state index contributed by atoms with van der Waals surface area (Å²) < 4.78 is 27.0. The van der Waals surface area contributed by atoms with Crippen LogP contribution in [-0.4, -0.2) is 31.7 Å². The smallest absolute Gasteiger partial charge is 0.243 e. The van der Waals surface area contributed by atoms with E-state index in [1.54, 1.807) is 25.1 Å². The van der Waals surface area contributed by atoms with E-state index in [4.69, 9.17) is 0 Å². The molecule has 0 saturated heterocycles. The average molecular weight is 375 g/mol. The summed E-state index contributed by atoms with van der Waals surface area (Å²) in [7, 11) is -3.56. The van der Waals surface area contributed by atoms with E-state index in [-0.39, 0.29) is 10.8 Å². The molecule has 0 spiro atoms. The predicted octanol–water partition coefficient (Wildman–Crippen LogP) is 3.60. The van der Waals surface area contributed by atoms with Crippen molar-refractivity contribution >= 4 is 21.6 Å². The summed E-state index contributed by atoms with van der Waals surface area (Å²) in [6.45, 7) is 6.20. The van der Waals surface area contributed by atoms with Crippen LogP contribution in [0.4, 0.5) is 5.69 Å². The van der Waals surface area contributed by atoms with Crippen molar-refractivity contribution in [3.63, 3.8) is 0 Å². The van der Waals surface area contributed by atoms with Crippen LogP contribution >= 0.6 is 0 Å². The molecule has 0 aliphatic carbocycles. The van der Waals surface area contributed by atoms with Gasteiger partial charge in [-0.3, -0.25) is 4.79 Å². The number of hydrogen-bond acceptors (Lipinski definition) is 3. The molecular formula is C20H26N2O3S. The van der Waals surface area contributed by atoms with Crippen LogP contribution in [0.2, 0.25) is 0 Å². The van der Waals surface area contributed by atoms with E-state index in [9.17, 15) is 13.2 Å². The van der Waals surface area contributed by atoms with Gasteiger partial charge in [0, 0.05) is 25.2 Å². The second-order valence-electron chi connectivity index (χ2n) is 6.10. The van der Waals surface area contributed by atoms with Crippen molar-refractivity contribution in [1.82, 2.24) is 4.31 Å². The van der Waals surface area contributed by atoms with Gasteiger partial charge in [0.25, 0.3) is 0 Å². The van der Waals surface area contributed by atoms with Gasteiger partial charge in [-0.05, 0) is 36.6 Å². The Labute approximate surface area is 156 Å². The lowest BCUT2D eigenvalue weighted by molar-refractivity contribution is -0.116. The van der Waals surface area contributed by atoms with Crippen molar-refractivity contribution in [2.75, 3.05) is 18.4 Å². The Morgan fingerprint density at radius 3 is 2.31 bits per heavy atom. The van der Waals surface area contributed by atoms with Crippen LogP contribution in [0.3, 0.4) is 0 Å². The lowest BCUT2D eigenvalue weighted by Gasteiger charge is -2.20. The predicted molar refractivity (Wildman–Crippen MR) is 105 cm³/mol. The molecule has 0 bridgehead atoms. The van der Waals surface area contributed by atoms with E-state index in [0.717, 1.165) is 5.56 Å². The highest BCUT2D eigenvalue weighted by molar-refractivity contribution is 7.89. The van der Waals surface area contributed by atoms with Gasteiger partial charge < -0.3 is 5.32 Å². The summed E-state index contributed by atoms with van der Waals surface area (Å²) in [5.41, 5.74) is 2.26. The van der Waals surface area contributed by atoms with E-state index in [1.165, 1.54) is 4.31 Å². The highest BCUT2D eigenvalue weighted by atomic mass is 32.2. The zero-order valence-corrected chi connectivity index (χ0v) is 16.3. The third kappa shape index (κ3) is 4.93. The number of nitrogens with zero attached hydrogens (tertiary/aromatic N) is 1. The van der Waals surface area contributed by atoms with Gasteiger partial charge in [0.05, 0.1) is 4.90 Å². The first-order valence-corrected chi connectivity index (χ1v) is 10.3. The molecule has 0 heterocycles. The average Bonchev–Trinajstić information content (AvgIpc) is 2.63. The van der Waals surface area contributed by atoms with Gasteiger partial charge in [-0.15, -0.1) is 0 Å². The number of carbonyl (C=O) groups is 1. The van der Waals surface area contributed by atoms with Gasteiger partial charge in [0.1, 0.15) is 0 Å². The molecule has 140 valence electrons. The standard InChI is InChI=1S/C20H26N2O3S/c1-4-22(5-2)26(24,25)19-15-18(13-11-16(19)3)21-20(23)14-12-17-9-7-6-8-10-17/h6-11,13,15H,4-5,12,14H2,1-3H3,(H,21,23). The summed E-state index contributed by atoms with van der Waals surface area (Å²) in [5.74, 6) is -0.135. The first kappa shape index (κ1) is 20.1. The van der Waals surface area contributed by atoms with Gasteiger partial charge in [-0.2, -0.15) is 4.31 Å². The summed E-state index contributed by atoms with van der Waals surface area (Å²) in [5, 5.41) is 2.80. The molecule has 2 rings (SSSR count). The molecule has 0 fully saturated rings. The molecule has 26 heavy (non-hydrogen) atoms. The number of rotatable bonds is 8. The van der Waals surface area contributed by atoms with Crippen molar-refractivity contribution in [1.29, 1.82) is 0 Å². The Kier molecular flexibility index (Phi) is 6.94. The molecule has 1 amide bonds.